The van der Waals surface area contributed by atoms with E-state index in [4.69, 9.17) is 11.6 Å². The van der Waals surface area contributed by atoms with Crippen LogP contribution in [0, 0.1) is 5.82 Å². The molecule has 0 spiro atoms. The largest absolute Gasteiger partial charge is 0.507 e. The Balaban J connectivity index is 2.66. The van der Waals surface area contributed by atoms with E-state index in [9.17, 15) is 9.50 Å². The van der Waals surface area contributed by atoms with E-state index in [0.29, 0.717) is 16.1 Å². The van der Waals surface area contributed by atoms with Crippen LogP contribution in [0.4, 0.5) is 4.39 Å². The third-order valence-corrected chi connectivity index (χ3v) is 2.91. The van der Waals surface area contributed by atoms with Crippen molar-refractivity contribution < 1.29 is 9.50 Å². The van der Waals surface area contributed by atoms with Crippen LogP contribution in [0.25, 0.3) is 11.1 Å². The Bertz CT molecular complexity index is 493. The van der Waals surface area contributed by atoms with Gasteiger partial charge in [0.15, 0.2) is 0 Å². The third kappa shape index (κ3) is 2.20. The summed E-state index contributed by atoms with van der Waals surface area (Å²) in [5.74, 6) is -0.401. The highest BCUT2D eigenvalue weighted by molar-refractivity contribution is 9.10. The highest BCUT2D eigenvalue weighted by Gasteiger charge is 2.10. The number of hydrogen-bond donors (Lipinski definition) is 1. The number of halogens is 3. The molecule has 0 amide bonds. The minimum Gasteiger partial charge on any atom is -0.507 e. The van der Waals surface area contributed by atoms with Crippen molar-refractivity contribution in [2.45, 2.75) is 0 Å². The minimum absolute atomic E-state index is 0.00130. The molecule has 0 aliphatic rings. The van der Waals surface area contributed by atoms with Gasteiger partial charge < -0.3 is 5.11 Å². The molecule has 0 unspecified atom stereocenters. The first-order valence-corrected chi connectivity index (χ1v) is 5.69. The summed E-state index contributed by atoms with van der Waals surface area (Å²) in [4.78, 5) is 0. The number of benzene rings is 2. The molecule has 82 valence electrons. The fourth-order valence-electron chi connectivity index (χ4n) is 1.43. The summed E-state index contributed by atoms with van der Waals surface area (Å²) < 4.78 is 14.3. The standard InChI is InChI=1S/C12H7BrClFO/c13-7-1-3-11(15)9(5-7)10-6-8(14)2-4-12(10)16/h1-6,16H. The molecule has 0 heterocycles. The Hall–Kier alpha value is -1.06. The Labute approximate surface area is 106 Å². The molecule has 0 aliphatic carbocycles. The Morgan fingerprint density at radius 1 is 1.06 bits per heavy atom. The lowest BCUT2D eigenvalue weighted by Gasteiger charge is -2.07. The Morgan fingerprint density at radius 3 is 2.56 bits per heavy atom. The normalized spacial score (nSPS) is 10.4. The fourth-order valence-corrected chi connectivity index (χ4v) is 1.96. The average molecular weight is 302 g/mol. The van der Waals surface area contributed by atoms with Crippen LogP contribution in [0.3, 0.4) is 0 Å². The van der Waals surface area contributed by atoms with Crippen LogP contribution in [0.5, 0.6) is 5.75 Å². The van der Waals surface area contributed by atoms with Gasteiger partial charge in [0.05, 0.1) is 0 Å². The molecule has 1 nitrogen and oxygen atoms in total. The molecule has 0 radical (unpaired) electrons. The van der Waals surface area contributed by atoms with E-state index < -0.39 is 5.82 Å². The van der Waals surface area contributed by atoms with Crippen molar-refractivity contribution in [3.05, 3.63) is 51.7 Å². The summed E-state index contributed by atoms with van der Waals surface area (Å²) in [6.07, 6.45) is 0. The zero-order valence-electron chi connectivity index (χ0n) is 8.05. The molecule has 0 saturated carbocycles. The second kappa shape index (κ2) is 4.44. The summed E-state index contributed by atoms with van der Waals surface area (Å²) >= 11 is 9.07. The maximum Gasteiger partial charge on any atom is 0.131 e. The first-order chi connectivity index (χ1) is 7.58. The SMILES string of the molecule is Oc1ccc(Cl)cc1-c1cc(Br)ccc1F. The lowest BCUT2D eigenvalue weighted by atomic mass is 10.0. The van der Waals surface area contributed by atoms with E-state index in [1.165, 1.54) is 18.2 Å². The molecule has 2 aromatic carbocycles. The van der Waals surface area contributed by atoms with E-state index in [1.807, 2.05) is 0 Å². The molecular formula is C12H7BrClFO. The molecule has 0 fully saturated rings. The van der Waals surface area contributed by atoms with Gasteiger partial charge in [0.1, 0.15) is 11.6 Å². The van der Waals surface area contributed by atoms with Gasteiger partial charge in [0.2, 0.25) is 0 Å². The second-order valence-electron chi connectivity index (χ2n) is 3.29. The monoisotopic (exact) mass is 300 g/mol. The topological polar surface area (TPSA) is 20.2 Å². The highest BCUT2D eigenvalue weighted by Crippen LogP contribution is 2.34. The van der Waals surface area contributed by atoms with Crippen LogP contribution in [0.2, 0.25) is 5.02 Å². The van der Waals surface area contributed by atoms with E-state index in [2.05, 4.69) is 15.9 Å². The third-order valence-electron chi connectivity index (χ3n) is 2.18. The molecular weight excluding hydrogens is 294 g/mol. The number of rotatable bonds is 1. The molecule has 0 aliphatic heterocycles. The maximum absolute atomic E-state index is 13.6. The van der Waals surface area contributed by atoms with Gasteiger partial charge >= 0.3 is 0 Å². The highest BCUT2D eigenvalue weighted by atomic mass is 79.9. The predicted octanol–water partition coefficient (Wildman–Crippen LogP) is 4.61. The Morgan fingerprint density at radius 2 is 1.81 bits per heavy atom. The van der Waals surface area contributed by atoms with Gasteiger partial charge in [-0.25, -0.2) is 4.39 Å². The summed E-state index contributed by atoms with van der Waals surface area (Å²) in [7, 11) is 0. The first-order valence-electron chi connectivity index (χ1n) is 4.52. The van der Waals surface area contributed by atoms with Crippen LogP contribution in [0.1, 0.15) is 0 Å². The van der Waals surface area contributed by atoms with Crippen LogP contribution >= 0.6 is 27.5 Å². The van der Waals surface area contributed by atoms with Gasteiger partial charge in [-0.15, -0.1) is 0 Å². The van der Waals surface area contributed by atoms with Crippen molar-refractivity contribution >= 4 is 27.5 Å². The molecule has 16 heavy (non-hydrogen) atoms. The molecule has 0 aromatic heterocycles. The maximum atomic E-state index is 13.6. The van der Waals surface area contributed by atoms with Gasteiger partial charge in [-0.1, -0.05) is 27.5 Å². The average Bonchev–Trinajstić information content (AvgIpc) is 2.25. The van der Waals surface area contributed by atoms with Crippen molar-refractivity contribution in [2.24, 2.45) is 0 Å². The smallest absolute Gasteiger partial charge is 0.131 e. The fraction of sp³-hybridized carbons (Fsp3) is 0. The van der Waals surface area contributed by atoms with Crippen LogP contribution in [0.15, 0.2) is 40.9 Å². The van der Waals surface area contributed by atoms with Crippen molar-refractivity contribution in [1.82, 2.24) is 0 Å². The second-order valence-corrected chi connectivity index (χ2v) is 4.64. The predicted molar refractivity (Wildman–Crippen MR) is 66.2 cm³/mol. The molecule has 2 rings (SSSR count). The van der Waals surface area contributed by atoms with Crippen LogP contribution in [-0.4, -0.2) is 5.11 Å². The molecule has 0 saturated heterocycles. The Kier molecular flexibility index (Phi) is 3.17. The van der Waals surface area contributed by atoms with Gasteiger partial charge in [0, 0.05) is 20.6 Å². The van der Waals surface area contributed by atoms with Crippen LogP contribution < -0.4 is 0 Å². The van der Waals surface area contributed by atoms with E-state index >= 15 is 0 Å². The molecule has 0 atom stereocenters. The van der Waals surface area contributed by atoms with E-state index in [0.717, 1.165) is 4.47 Å². The van der Waals surface area contributed by atoms with Gasteiger partial charge in [-0.2, -0.15) is 0 Å². The minimum atomic E-state index is -0.402. The molecule has 4 heteroatoms. The molecule has 2 aromatic rings. The lowest BCUT2D eigenvalue weighted by molar-refractivity contribution is 0.476. The van der Waals surface area contributed by atoms with Crippen molar-refractivity contribution in [2.75, 3.05) is 0 Å². The van der Waals surface area contributed by atoms with Gasteiger partial charge in [-0.3, -0.25) is 0 Å². The number of aromatic hydroxyl groups is 1. The van der Waals surface area contributed by atoms with Crippen molar-refractivity contribution in [3.63, 3.8) is 0 Å². The van der Waals surface area contributed by atoms with Crippen molar-refractivity contribution in [1.29, 1.82) is 0 Å². The summed E-state index contributed by atoms with van der Waals surface area (Å²) in [5.41, 5.74) is 0.695. The summed E-state index contributed by atoms with van der Waals surface area (Å²) in [5, 5.41) is 10.1. The molecule has 0 bridgehead atoms. The number of phenols is 1. The quantitative estimate of drug-likeness (QED) is 0.815. The first kappa shape index (κ1) is 11.4. The summed E-state index contributed by atoms with van der Waals surface area (Å²) in [6, 6.07) is 9.05. The van der Waals surface area contributed by atoms with Crippen molar-refractivity contribution in [3.8, 4) is 16.9 Å². The summed E-state index contributed by atoms with van der Waals surface area (Å²) in [6.45, 7) is 0. The van der Waals surface area contributed by atoms with E-state index in [1.54, 1.807) is 18.2 Å². The van der Waals surface area contributed by atoms with E-state index in [-0.39, 0.29) is 5.75 Å². The van der Waals surface area contributed by atoms with Gasteiger partial charge in [-0.05, 0) is 36.4 Å². The lowest BCUT2D eigenvalue weighted by Crippen LogP contribution is -1.85. The zero-order valence-corrected chi connectivity index (χ0v) is 10.4. The number of phenolic OH excluding ortho intramolecular Hbond substituents is 1. The zero-order chi connectivity index (χ0) is 11.7. The van der Waals surface area contributed by atoms with Gasteiger partial charge in [0.25, 0.3) is 0 Å². The van der Waals surface area contributed by atoms with Crippen LogP contribution in [-0.2, 0) is 0 Å². The number of hydrogen-bond acceptors (Lipinski definition) is 1. The molecule has 1 N–H and O–H groups in total.